The van der Waals surface area contributed by atoms with Crippen LogP contribution in [-0.4, -0.2) is 6.61 Å². The zero-order chi connectivity index (χ0) is 15.9. The summed E-state index contributed by atoms with van der Waals surface area (Å²) in [6.45, 7) is 6.52. The summed E-state index contributed by atoms with van der Waals surface area (Å²) < 4.78 is 5.50. The van der Waals surface area contributed by atoms with Crippen LogP contribution in [0.15, 0.2) is 36.9 Å². The Balaban J connectivity index is 1.97. The van der Waals surface area contributed by atoms with Crippen molar-refractivity contribution in [2.24, 2.45) is 0 Å². The van der Waals surface area contributed by atoms with E-state index in [1.54, 1.807) is 6.08 Å². The van der Waals surface area contributed by atoms with Gasteiger partial charge in [0, 0.05) is 0 Å². The van der Waals surface area contributed by atoms with E-state index >= 15 is 0 Å². The monoisotopic (exact) mass is 302 g/mol. The van der Waals surface area contributed by atoms with E-state index in [-0.39, 0.29) is 0 Å². The summed E-state index contributed by atoms with van der Waals surface area (Å²) in [6, 6.07) is 8.50. The van der Waals surface area contributed by atoms with Crippen molar-refractivity contribution in [2.75, 3.05) is 6.61 Å². The van der Waals surface area contributed by atoms with Gasteiger partial charge in [-0.1, -0.05) is 89.5 Å². The van der Waals surface area contributed by atoms with E-state index in [1.165, 1.54) is 76.2 Å². The molecule has 1 rings (SSSR count). The second-order valence-corrected chi connectivity index (χ2v) is 6.18. The van der Waals surface area contributed by atoms with Gasteiger partial charge in [-0.15, -0.1) is 0 Å². The number of aryl methyl sites for hydroxylation is 1. The van der Waals surface area contributed by atoms with Crippen molar-refractivity contribution in [1.29, 1.82) is 0 Å². The molecule has 22 heavy (non-hydrogen) atoms. The van der Waals surface area contributed by atoms with Crippen molar-refractivity contribution in [1.82, 2.24) is 0 Å². The number of hydrogen-bond acceptors (Lipinski definition) is 1. The summed E-state index contributed by atoms with van der Waals surface area (Å²) in [5.41, 5.74) is 1.42. The molecule has 0 atom stereocenters. The van der Waals surface area contributed by atoms with Gasteiger partial charge in [0.15, 0.2) is 0 Å². The molecule has 0 amide bonds. The summed E-state index contributed by atoms with van der Waals surface area (Å²) in [5.74, 6) is 0.937. The minimum Gasteiger partial charge on any atom is -0.490 e. The predicted octanol–water partition coefficient (Wildman–Crippen LogP) is 6.71. The van der Waals surface area contributed by atoms with E-state index in [1.807, 2.05) is 0 Å². The van der Waals surface area contributed by atoms with Gasteiger partial charge in [0.1, 0.15) is 12.4 Å². The maximum Gasteiger partial charge on any atom is 0.119 e. The second kappa shape index (κ2) is 13.4. The minimum absolute atomic E-state index is 0.581. The Morgan fingerprint density at radius 3 is 1.91 bits per heavy atom. The molecule has 1 nitrogen and oxygen atoms in total. The molecule has 0 bridgehead atoms. The highest BCUT2D eigenvalue weighted by Gasteiger charge is 1.97. The fraction of sp³-hybridized carbons (Fsp3) is 0.619. The molecular weight excluding hydrogens is 268 g/mol. The third kappa shape index (κ3) is 9.65. The molecule has 1 aromatic carbocycles. The van der Waals surface area contributed by atoms with Crippen LogP contribution in [0.2, 0.25) is 0 Å². The lowest BCUT2D eigenvalue weighted by atomic mass is 10.0. The number of benzene rings is 1. The van der Waals surface area contributed by atoms with E-state index in [0.717, 1.165) is 5.75 Å². The van der Waals surface area contributed by atoms with Crippen molar-refractivity contribution in [2.45, 2.75) is 77.6 Å². The first kappa shape index (κ1) is 18.8. The number of ether oxygens (including phenoxy) is 1. The van der Waals surface area contributed by atoms with E-state index in [4.69, 9.17) is 4.74 Å². The van der Waals surface area contributed by atoms with Crippen LogP contribution in [0, 0.1) is 0 Å². The smallest absolute Gasteiger partial charge is 0.119 e. The lowest BCUT2D eigenvalue weighted by Gasteiger charge is -2.05. The summed E-state index contributed by atoms with van der Waals surface area (Å²) in [7, 11) is 0. The molecule has 0 aliphatic carbocycles. The number of rotatable bonds is 14. The van der Waals surface area contributed by atoms with Gasteiger partial charge in [-0.2, -0.15) is 0 Å². The van der Waals surface area contributed by atoms with Crippen LogP contribution in [0.25, 0.3) is 0 Å². The van der Waals surface area contributed by atoms with Crippen molar-refractivity contribution in [3.05, 3.63) is 42.5 Å². The minimum atomic E-state index is 0.581. The molecule has 1 aromatic rings. The van der Waals surface area contributed by atoms with Gasteiger partial charge in [-0.25, -0.2) is 0 Å². The Kier molecular flexibility index (Phi) is 11.5. The molecule has 0 saturated heterocycles. The molecule has 0 radical (unpaired) electrons. The quantitative estimate of drug-likeness (QED) is 0.274. The predicted molar refractivity (Wildman–Crippen MR) is 97.7 cm³/mol. The Morgan fingerprint density at radius 2 is 1.36 bits per heavy atom. The fourth-order valence-electron chi connectivity index (χ4n) is 2.72. The Bertz CT molecular complexity index is 366. The van der Waals surface area contributed by atoms with E-state index in [2.05, 4.69) is 37.8 Å². The molecule has 1 heteroatoms. The molecule has 124 valence electrons. The van der Waals surface area contributed by atoms with Gasteiger partial charge >= 0.3 is 0 Å². The van der Waals surface area contributed by atoms with Gasteiger partial charge in [-0.3, -0.25) is 0 Å². The first-order valence-electron chi connectivity index (χ1n) is 9.19. The molecule has 0 aliphatic rings. The van der Waals surface area contributed by atoms with Gasteiger partial charge in [0.2, 0.25) is 0 Å². The summed E-state index contributed by atoms with van der Waals surface area (Å²) in [4.78, 5) is 0. The highest BCUT2D eigenvalue weighted by Crippen LogP contribution is 2.15. The van der Waals surface area contributed by atoms with Crippen LogP contribution in [0.1, 0.15) is 76.7 Å². The summed E-state index contributed by atoms with van der Waals surface area (Å²) >= 11 is 0. The first-order chi connectivity index (χ1) is 10.9. The van der Waals surface area contributed by atoms with Crippen LogP contribution < -0.4 is 4.74 Å². The normalized spacial score (nSPS) is 10.6. The van der Waals surface area contributed by atoms with Crippen molar-refractivity contribution < 1.29 is 4.74 Å². The van der Waals surface area contributed by atoms with Crippen LogP contribution >= 0.6 is 0 Å². The lowest BCUT2D eigenvalue weighted by Crippen LogP contribution is -1.93. The van der Waals surface area contributed by atoms with Gasteiger partial charge in [-0.05, 0) is 30.5 Å². The Labute approximate surface area is 137 Å². The van der Waals surface area contributed by atoms with Gasteiger partial charge < -0.3 is 4.74 Å². The third-order valence-electron chi connectivity index (χ3n) is 4.11. The number of hydrogen-bond donors (Lipinski definition) is 0. The zero-order valence-corrected chi connectivity index (χ0v) is 14.5. The van der Waals surface area contributed by atoms with Crippen molar-refractivity contribution in [3.8, 4) is 5.75 Å². The number of unbranched alkanes of at least 4 members (excludes halogenated alkanes) is 9. The molecule has 0 fully saturated rings. The lowest BCUT2D eigenvalue weighted by molar-refractivity contribution is 0.363. The summed E-state index contributed by atoms with van der Waals surface area (Å²) in [5, 5.41) is 0. The average molecular weight is 303 g/mol. The average Bonchev–Trinajstić information content (AvgIpc) is 2.56. The van der Waals surface area contributed by atoms with Gasteiger partial charge in [0.05, 0.1) is 0 Å². The van der Waals surface area contributed by atoms with Crippen molar-refractivity contribution in [3.63, 3.8) is 0 Å². The van der Waals surface area contributed by atoms with E-state index in [0.29, 0.717) is 6.61 Å². The maximum absolute atomic E-state index is 5.50. The molecule has 0 N–H and O–H groups in total. The molecule has 0 unspecified atom stereocenters. The largest absolute Gasteiger partial charge is 0.490 e. The molecular formula is C21H34O. The van der Waals surface area contributed by atoms with Gasteiger partial charge in [0.25, 0.3) is 0 Å². The van der Waals surface area contributed by atoms with Crippen LogP contribution in [0.5, 0.6) is 5.75 Å². The maximum atomic E-state index is 5.50. The second-order valence-electron chi connectivity index (χ2n) is 6.18. The van der Waals surface area contributed by atoms with Crippen LogP contribution in [-0.2, 0) is 6.42 Å². The molecule has 0 aliphatic heterocycles. The van der Waals surface area contributed by atoms with Crippen LogP contribution in [0.4, 0.5) is 0 Å². The standard InChI is InChI=1S/C21H34O/c1-3-5-6-7-8-9-10-11-12-13-14-20-15-17-21(18-16-20)22-19-4-2/h4,15-18H,2-3,5-14,19H2,1H3. The zero-order valence-electron chi connectivity index (χ0n) is 14.5. The highest BCUT2D eigenvalue weighted by atomic mass is 16.5. The fourth-order valence-corrected chi connectivity index (χ4v) is 2.72. The Hall–Kier alpha value is -1.24. The SMILES string of the molecule is C=CCOc1ccc(CCCCCCCCCCCC)cc1. The highest BCUT2D eigenvalue weighted by molar-refractivity contribution is 5.27. The van der Waals surface area contributed by atoms with E-state index < -0.39 is 0 Å². The topological polar surface area (TPSA) is 9.23 Å². The van der Waals surface area contributed by atoms with E-state index in [9.17, 15) is 0 Å². The van der Waals surface area contributed by atoms with Crippen molar-refractivity contribution >= 4 is 0 Å². The molecule has 0 spiro atoms. The molecule has 0 saturated carbocycles. The summed E-state index contributed by atoms with van der Waals surface area (Å²) in [6.07, 6.45) is 17.0. The molecule has 0 aromatic heterocycles. The molecule has 0 heterocycles. The van der Waals surface area contributed by atoms with Crippen LogP contribution in [0.3, 0.4) is 0 Å². The first-order valence-corrected chi connectivity index (χ1v) is 9.19. The third-order valence-corrected chi connectivity index (χ3v) is 4.11. The Morgan fingerprint density at radius 1 is 0.818 bits per heavy atom.